The smallest absolute Gasteiger partial charge is 0.248 e. The number of hydrogen-bond donors (Lipinski definition) is 6. The number of nitrogens with zero attached hydrogens (tertiary/aromatic N) is 2. The van der Waals surface area contributed by atoms with Gasteiger partial charge in [0.05, 0.1) is 6.61 Å². The van der Waals surface area contributed by atoms with Crippen molar-refractivity contribution >= 4 is 41.4 Å². The van der Waals surface area contributed by atoms with Crippen LogP contribution in [0.1, 0.15) is 92.1 Å². The highest BCUT2D eigenvalue weighted by Gasteiger charge is 2.44. The maximum atomic E-state index is 14.2. The summed E-state index contributed by atoms with van der Waals surface area (Å²) in [5.41, 5.74) is 0.715. The Labute approximate surface area is 324 Å². The number of rotatable bonds is 9. The lowest BCUT2D eigenvalue weighted by Gasteiger charge is -2.34. The van der Waals surface area contributed by atoms with Crippen molar-refractivity contribution in [2.75, 3.05) is 19.7 Å². The number of benzene rings is 1. The van der Waals surface area contributed by atoms with Crippen LogP contribution >= 0.6 is 0 Å². The van der Waals surface area contributed by atoms with Gasteiger partial charge >= 0.3 is 0 Å². The van der Waals surface area contributed by atoms with Gasteiger partial charge in [-0.05, 0) is 55.4 Å². The molecule has 3 aliphatic rings. The number of amides is 7. The summed E-state index contributed by atoms with van der Waals surface area (Å²) in [5, 5.41) is 24.4. The highest BCUT2D eigenvalue weighted by atomic mass is 16.3. The SMILES string of the molecule is CCC(C)C1NC(=O)C(CC(C)C)NC(=O)C2CCCN2C(=O)C(C(C)CC)NC(=O)[C@@H]2CCCN2C(=O)C(CO)NC(=O)C(Cc2ccccc2)NC1=O. The van der Waals surface area contributed by atoms with Gasteiger partial charge in [-0.1, -0.05) is 84.7 Å². The summed E-state index contributed by atoms with van der Waals surface area (Å²) >= 11 is 0. The topological polar surface area (TPSA) is 206 Å². The largest absolute Gasteiger partial charge is 0.394 e. The van der Waals surface area contributed by atoms with Crippen molar-refractivity contribution in [3.8, 4) is 0 Å². The molecule has 8 unspecified atom stereocenters. The van der Waals surface area contributed by atoms with E-state index >= 15 is 0 Å². The molecule has 7 amide bonds. The van der Waals surface area contributed by atoms with Gasteiger partial charge < -0.3 is 41.5 Å². The van der Waals surface area contributed by atoms with Gasteiger partial charge in [-0.2, -0.15) is 0 Å². The van der Waals surface area contributed by atoms with Gasteiger partial charge in [0, 0.05) is 19.5 Å². The number of fused-ring (bicyclic) bond motifs is 2. The molecule has 9 atom stereocenters. The molecule has 0 saturated carbocycles. The molecule has 0 aliphatic carbocycles. The molecule has 1 aromatic carbocycles. The third-order valence-corrected chi connectivity index (χ3v) is 11.3. The summed E-state index contributed by atoms with van der Waals surface area (Å²) in [6.45, 7) is 10.9. The molecule has 15 nitrogen and oxygen atoms in total. The first-order valence-electron chi connectivity index (χ1n) is 20.0. The minimum atomic E-state index is -1.43. The molecule has 1 aromatic rings. The minimum absolute atomic E-state index is 0.0241. The highest BCUT2D eigenvalue weighted by molar-refractivity contribution is 5.99. The van der Waals surface area contributed by atoms with E-state index in [-0.39, 0.29) is 43.7 Å². The fraction of sp³-hybridized carbons (Fsp3) is 0.675. The van der Waals surface area contributed by atoms with E-state index in [1.165, 1.54) is 9.80 Å². The zero-order valence-corrected chi connectivity index (χ0v) is 33.1. The van der Waals surface area contributed by atoms with Crippen molar-refractivity contribution in [1.82, 2.24) is 36.4 Å². The van der Waals surface area contributed by atoms with Crippen molar-refractivity contribution in [1.29, 1.82) is 0 Å². The summed E-state index contributed by atoms with van der Waals surface area (Å²) in [6.07, 6.45) is 3.03. The molecule has 3 saturated heterocycles. The second kappa shape index (κ2) is 19.9. The molecular weight excluding hydrogens is 706 g/mol. The third kappa shape index (κ3) is 10.8. The first-order valence-corrected chi connectivity index (χ1v) is 20.0. The maximum Gasteiger partial charge on any atom is 0.248 e. The van der Waals surface area contributed by atoms with Crippen LogP contribution in [-0.2, 0) is 40.0 Å². The second-order valence-corrected chi connectivity index (χ2v) is 15.8. The van der Waals surface area contributed by atoms with Gasteiger partial charge in [0.1, 0.15) is 42.3 Å². The number of aliphatic hydroxyl groups is 1. The molecule has 3 heterocycles. The van der Waals surface area contributed by atoms with Gasteiger partial charge in [0.25, 0.3) is 0 Å². The molecule has 6 N–H and O–H groups in total. The Morgan fingerprint density at radius 1 is 0.618 bits per heavy atom. The van der Waals surface area contributed by atoms with Gasteiger partial charge in [-0.3, -0.25) is 33.6 Å². The molecule has 55 heavy (non-hydrogen) atoms. The molecule has 304 valence electrons. The molecule has 0 radical (unpaired) electrons. The monoisotopic (exact) mass is 767 g/mol. The zero-order chi connectivity index (χ0) is 40.4. The van der Waals surface area contributed by atoms with Crippen molar-refractivity contribution in [3.05, 3.63) is 35.9 Å². The number of nitrogens with one attached hydrogen (secondary N) is 5. The van der Waals surface area contributed by atoms with Crippen molar-refractivity contribution in [2.24, 2.45) is 17.8 Å². The molecule has 0 spiro atoms. The normalized spacial score (nSPS) is 28.9. The number of carbonyl (C=O) groups excluding carboxylic acids is 7. The molecule has 4 rings (SSSR count). The maximum absolute atomic E-state index is 14.2. The second-order valence-electron chi connectivity index (χ2n) is 15.8. The fourth-order valence-electron chi connectivity index (χ4n) is 7.62. The lowest BCUT2D eigenvalue weighted by atomic mass is 9.95. The predicted molar refractivity (Wildman–Crippen MR) is 205 cm³/mol. The van der Waals surface area contributed by atoms with E-state index in [9.17, 15) is 38.7 Å². The van der Waals surface area contributed by atoms with Gasteiger partial charge in [-0.25, -0.2) is 0 Å². The summed E-state index contributed by atoms with van der Waals surface area (Å²) < 4.78 is 0. The standard InChI is InChI=1S/C40H61N7O8/c1-7-24(5)32-38(53)42-28(21-26-14-10-9-11-15-26)34(49)43-29(22-48)39(54)46-18-12-17-31(46)37(52)45-33(25(6)8-2)40(55)47-19-13-16-30(47)36(51)41-27(20-23(3)4)35(50)44-32/h9-11,14-15,23-25,27-33,48H,7-8,12-13,16-22H2,1-6H3,(H,41,51)(H,42,53)(H,43,49)(H,44,50)(H,45,52)/t24?,25?,27?,28?,29?,30?,31-,32?,33?/m0/s1. The summed E-state index contributed by atoms with van der Waals surface area (Å²) in [7, 11) is 0. The summed E-state index contributed by atoms with van der Waals surface area (Å²) in [6, 6.07) is 1.36. The molecule has 3 fully saturated rings. The van der Waals surface area contributed by atoms with E-state index in [2.05, 4.69) is 26.6 Å². The molecule has 0 bridgehead atoms. The Bertz CT molecular complexity index is 1540. The van der Waals surface area contributed by atoms with Crippen molar-refractivity contribution < 1.29 is 38.7 Å². The van der Waals surface area contributed by atoms with Crippen molar-refractivity contribution in [2.45, 2.75) is 135 Å². The van der Waals surface area contributed by atoms with E-state index in [1.54, 1.807) is 31.2 Å². The van der Waals surface area contributed by atoms with Gasteiger partial charge in [-0.15, -0.1) is 0 Å². The van der Waals surface area contributed by atoms with Gasteiger partial charge in [0.2, 0.25) is 41.4 Å². The Kier molecular flexibility index (Phi) is 15.6. The fourth-order valence-corrected chi connectivity index (χ4v) is 7.62. The number of hydrogen-bond acceptors (Lipinski definition) is 8. The predicted octanol–water partition coefficient (Wildman–Crippen LogP) is 0.779. The van der Waals surface area contributed by atoms with E-state index in [0.717, 1.165) is 0 Å². The number of aliphatic hydroxyl groups excluding tert-OH is 1. The Balaban J connectivity index is 1.77. The van der Waals surface area contributed by atoms with E-state index in [1.807, 2.05) is 40.7 Å². The van der Waals surface area contributed by atoms with Crippen LogP contribution in [0.3, 0.4) is 0 Å². The zero-order valence-electron chi connectivity index (χ0n) is 33.1. The Morgan fingerprint density at radius 2 is 1.11 bits per heavy atom. The first-order chi connectivity index (χ1) is 26.2. The van der Waals surface area contributed by atoms with E-state index in [4.69, 9.17) is 0 Å². The highest BCUT2D eigenvalue weighted by Crippen LogP contribution is 2.24. The average Bonchev–Trinajstić information content (AvgIpc) is 3.87. The van der Waals surface area contributed by atoms with Crippen LogP contribution in [-0.4, -0.2) is 118 Å². The van der Waals surface area contributed by atoms with E-state index < -0.39 is 90.3 Å². The Morgan fingerprint density at radius 3 is 1.67 bits per heavy atom. The molecular formula is C40H61N7O8. The van der Waals surface area contributed by atoms with Crippen LogP contribution in [0, 0.1) is 17.8 Å². The third-order valence-electron chi connectivity index (χ3n) is 11.3. The Hall–Kier alpha value is -4.53. The van der Waals surface area contributed by atoms with Crippen LogP contribution in [0.15, 0.2) is 30.3 Å². The van der Waals surface area contributed by atoms with Crippen LogP contribution in [0.5, 0.6) is 0 Å². The summed E-state index contributed by atoms with van der Waals surface area (Å²) in [4.78, 5) is 101. The average molecular weight is 768 g/mol. The van der Waals surface area contributed by atoms with Gasteiger partial charge in [0.15, 0.2) is 0 Å². The molecule has 15 heteroatoms. The lowest BCUT2D eigenvalue weighted by molar-refractivity contribution is -0.145. The van der Waals surface area contributed by atoms with Crippen LogP contribution < -0.4 is 26.6 Å². The van der Waals surface area contributed by atoms with Crippen molar-refractivity contribution in [3.63, 3.8) is 0 Å². The summed E-state index contributed by atoms with van der Waals surface area (Å²) in [5.74, 6) is -4.82. The lowest BCUT2D eigenvalue weighted by Crippen LogP contribution is -2.61. The number of carbonyl (C=O) groups is 7. The van der Waals surface area contributed by atoms with E-state index in [0.29, 0.717) is 44.1 Å². The first kappa shape index (κ1) is 43.2. The molecule has 0 aromatic heterocycles. The molecule has 3 aliphatic heterocycles. The van der Waals surface area contributed by atoms with Crippen LogP contribution in [0.2, 0.25) is 0 Å². The van der Waals surface area contributed by atoms with Crippen LogP contribution in [0.25, 0.3) is 0 Å². The quantitative estimate of drug-likeness (QED) is 0.211. The van der Waals surface area contributed by atoms with Crippen LogP contribution in [0.4, 0.5) is 0 Å². The minimum Gasteiger partial charge on any atom is -0.394 e.